The van der Waals surface area contributed by atoms with Gasteiger partial charge >= 0.3 is 5.97 Å². The molecule has 0 bridgehead atoms. The van der Waals surface area contributed by atoms with Gasteiger partial charge < -0.3 is 14.6 Å². The van der Waals surface area contributed by atoms with Crippen molar-refractivity contribution in [3.63, 3.8) is 0 Å². The first-order chi connectivity index (χ1) is 12.7. The molecule has 0 aliphatic heterocycles. The zero-order valence-corrected chi connectivity index (χ0v) is 17.1. The van der Waals surface area contributed by atoms with Crippen molar-refractivity contribution in [2.45, 2.75) is 46.7 Å². The number of carbonyl (C=O) groups is 2. The normalized spacial score (nSPS) is 13.1. The van der Waals surface area contributed by atoms with Gasteiger partial charge in [0.25, 0.3) is 5.91 Å². The van der Waals surface area contributed by atoms with E-state index in [4.69, 9.17) is 4.74 Å². The maximum atomic E-state index is 12.4. The Balaban J connectivity index is 2.02. The molecular formula is C20H25N3O3S. The number of hydrogen-bond acceptors (Lipinski definition) is 5. The Hall–Kier alpha value is -2.59. The molecule has 7 heteroatoms. The van der Waals surface area contributed by atoms with Crippen LogP contribution in [-0.4, -0.2) is 28.6 Å². The molecule has 144 valence electrons. The molecule has 0 aliphatic rings. The summed E-state index contributed by atoms with van der Waals surface area (Å²) in [4.78, 5) is 25.7. The van der Waals surface area contributed by atoms with Crippen LogP contribution >= 0.6 is 11.3 Å². The summed E-state index contributed by atoms with van der Waals surface area (Å²) in [6.45, 7) is 9.41. The molecule has 0 radical (unpaired) electrons. The summed E-state index contributed by atoms with van der Waals surface area (Å²) in [5, 5.41) is 13.9. The van der Waals surface area contributed by atoms with Crippen LogP contribution in [0.3, 0.4) is 0 Å². The number of hydrogen-bond donors (Lipinski definition) is 1. The van der Waals surface area contributed by atoms with Crippen LogP contribution in [0, 0.1) is 31.1 Å². The summed E-state index contributed by atoms with van der Waals surface area (Å²) in [6, 6.07) is 7.91. The van der Waals surface area contributed by atoms with Crippen LogP contribution in [0.5, 0.6) is 0 Å². The van der Waals surface area contributed by atoms with Crippen molar-refractivity contribution in [3.05, 3.63) is 45.4 Å². The smallest absolute Gasteiger partial charge is 0.340 e. The highest BCUT2D eigenvalue weighted by atomic mass is 32.1. The minimum absolute atomic E-state index is 0.0710. The van der Waals surface area contributed by atoms with Crippen molar-refractivity contribution in [1.29, 1.82) is 5.26 Å². The molecule has 2 aromatic heterocycles. The highest BCUT2D eigenvalue weighted by Gasteiger charge is 2.30. The van der Waals surface area contributed by atoms with Crippen LogP contribution in [0.2, 0.25) is 0 Å². The Kier molecular flexibility index (Phi) is 6.45. The van der Waals surface area contributed by atoms with Gasteiger partial charge in [-0.1, -0.05) is 19.9 Å². The van der Waals surface area contributed by atoms with E-state index >= 15 is 0 Å². The SMILES string of the molecule is Cc1cc(C(=O)OCC(=O)N[C@](C)(C#N)C(C)C)c(C)n1Cc1cccs1. The van der Waals surface area contributed by atoms with E-state index < -0.39 is 24.0 Å². The lowest BCUT2D eigenvalue weighted by molar-refractivity contribution is -0.125. The van der Waals surface area contributed by atoms with E-state index in [1.54, 1.807) is 24.3 Å². The third-order valence-electron chi connectivity index (χ3n) is 4.81. The van der Waals surface area contributed by atoms with Crippen LogP contribution < -0.4 is 5.32 Å². The maximum Gasteiger partial charge on any atom is 0.340 e. The molecule has 2 aromatic rings. The fraction of sp³-hybridized carbons (Fsp3) is 0.450. The lowest BCUT2D eigenvalue weighted by Gasteiger charge is -2.27. The summed E-state index contributed by atoms with van der Waals surface area (Å²) in [7, 11) is 0. The minimum atomic E-state index is -1.000. The first kappa shape index (κ1) is 20.7. The van der Waals surface area contributed by atoms with E-state index in [1.807, 2.05) is 49.8 Å². The molecule has 1 amide bonds. The van der Waals surface area contributed by atoms with Gasteiger partial charge in [-0.2, -0.15) is 5.26 Å². The van der Waals surface area contributed by atoms with Gasteiger partial charge in [-0.15, -0.1) is 11.3 Å². The van der Waals surface area contributed by atoms with Gasteiger partial charge in [0, 0.05) is 16.3 Å². The van der Waals surface area contributed by atoms with Crippen molar-refractivity contribution < 1.29 is 14.3 Å². The molecule has 2 rings (SSSR count). The third kappa shape index (κ3) is 4.77. The van der Waals surface area contributed by atoms with Crippen LogP contribution in [-0.2, 0) is 16.1 Å². The number of esters is 1. The number of aromatic nitrogens is 1. The first-order valence-corrected chi connectivity index (χ1v) is 9.64. The lowest BCUT2D eigenvalue weighted by Crippen LogP contribution is -2.50. The Morgan fingerprint density at radius 1 is 1.41 bits per heavy atom. The number of amides is 1. The van der Waals surface area contributed by atoms with Crippen molar-refractivity contribution in [1.82, 2.24) is 9.88 Å². The highest BCUT2D eigenvalue weighted by molar-refractivity contribution is 7.09. The predicted octanol–water partition coefficient (Wildman–Crippen LogP) is 3.43. The number of aryl methyl sites for hydroxylation is 1. The van der Waals surface area contributed by atoms with Crippen LogP contribution in [0.4, 0.5) is 0 Å². The summed E-state index contributed by atoms with van der Waals surface area (Å²) in [5.74, 6) is -1.11. The number of carbonyl (C=O) groups excluding carboxylic acids is 2. The molecule has 0 saturated carbocycles. The average Bonchev–Trinajstić information content (AvgIpc) is 3.23. The predicted molar refractivity (Wildman–Crippen MR) is 105 cm³/mol. The monoisotopic (exact) mass is 387 g/mol. The van der Waals surface area contributed by atoms with Crippen LogP contribution in [0.1, 0.15) is 47.4 Å². The standard InChI is InChI=1S/C20H25N3O3S/c1-13(2)20(5,12-21)22-18(24)11-26-19(25)17-9-14(3)23(15(17)4)10-16-7-6-8-27-16/h6-9,13H,10-11H2,1-5H3,(H,22,24)/t20-/m1/s1. The summed E-state index contributed by atoms with van der Waals surface area (Å²) in [5.41, 5.74) is 1.20. The molecule has 0 aromatic carbocycles. The number of nitrogens with zero attached hydrogens (tertiary/aromatic N) is 2. The van der Waals surface area contributed by atoms with Gasteiger partial charge in [-0.05, 0) is 44.2 Å². The zero-order chi connectivity index (χ0) is 20.2. The van der Waals surface area contributed by atoms with E-state index in [2.05, 4.69) is 11.4 Å². The molecule has 0 unspecified atom stereocenters. The minimum Gasteiger partial charge on any atom is -0.452 e. The van der Waals surface area contributed by atoms with E-state index in [0.717, 1.165) is 11.4 Å². The Morgan fingerprint density at radius 2 is 2.11 bits per heavy atom. The molecule has 1 N–H and O–H groups in total. The van der Waals surface area contributed by atoms with Gasteiger partial charge in [-0.25, -0.2) is 4.79 Å². The average molecular weight is 388 g/mol. The van der Waals surface area contributed by atoms with E-state index in [0.29, 0.717) is 12.1 Å². The molecule has 27 heavy (non-hydrogen) atoms. The second-order valence-corrected chi connectivity index (χ2v) is 8.08. The molecule has 0 fully saturated rings. The quantitative estimate of drug-likeness (QED) is 0.738. The number of rotatable bonds is 7. The van der Waals surface area contributed by atoms with Gasteiger partial charge in [0.1, 0.15) is 5.54 Å². The number of ether oxygens (including phenoxy) is 1. The molecule has 0 saturated heterocycles. The van der Waals surface area contributed by atoms with Gasteiger partial charge in [0.2, 0.25) is 0 Å². The van der Waals surface area contributed by atoms with Crippen molar-refractivity contribution >= 4 is 23.2 Å². The Labute approximate surface area is 163 Å². The van der Waals surface area contributed by atoms with Crippen LogP contribution in [0.25, 0.3) is 0 Å². The zero-order valence-electron chi connectivity index (χ0n) is 16.3. The fourth-order valence-corrected chi connectivity index (χ4v) is 3.34. The molecule has 6 nitrogen and oxygen atoms in total. The van der Waals surface area contributed by atoms with Gasteiger partial charge in [0.15, 0.2) is 6.61 Å². The van der Waals surface area contributed by atoms with E-state index in [1.165, 1.54) is 4.88 Å². The maximum absolute atomic E-state index is 12.4. The van der Waals surface area contributed by atoms with Crippen molar-refractivity contribution in [2.24, 2.45) is 5.92 Å². The number of nitrogens with one attached hydrogen (secondary N) is 1. The second kappa shape index (κ2) is 8.40. The van der Waals surface area contributed by atoms with Crippen molar-refractivity contribution in [2.75, 3.05) is 6.61 Å². The van der Waals surface area contributed by atoms with Crippen LogP contribution in [0.15, 0.2) is 23.6 Å². The topological polar surface area (TPSA) is 84.1 Å². The number of thiophene rings is 1. The number of nitriles is 1. The van der Waals surface area contributed by atoms with Gasteiger partial charge in [-0.3, -0.25) is 4.79 Å². The Bertz CT molecular complexity index is 862. The van der Waals surface area contributed by atoms with E-state index in [9.17, 15) is 14.9 Å². The Morgan fingerprint density at radius 3 is 2.67 bits per heavy atom. The summed E-state index contributed by atoms with van der Waals surface area (Å²) >= 11 is 1.66. The first-order valence-electron chi connectivity index (χ1n) is 8.76. The molecule has 2 heterocycles. The van der Waals surface area contributed by atoms with Gasteiger partial charge in [0.05, 0.1) is 18.2 Å². The second-order valence-electron chi connectivity index (χ2n) is 7.04. The lowest BCUT2D eigenvalue weighted by atomic mass is 9.90. The van der Waals surface area contributed by atoms with E-state index in [-0.39, 0.29) is 5.92 Å². The highest BCUT2D eigenvalue weighted by Crippen LogP contribution is 2.20. The molecule has 1 atom stereocenters. The fourth-order valence-electron chi connectivity index (χ4n) is 2.65. The summed E-state index contributed by atoms with van der Waals surface area (Å²) in [6.07, 6.45) is 0. The molecule has 0 aliphatic carbocycles. The van der Waals surface area contributed by atoms with Crippen molar-refractivity contribution in [3.8, 4) is 6.07 Å². The summed E-state index contributed by atoms with van der Waals surface area (Å²) < 4.78 is 7.22. The largest absolute Gasteiger partial charge is 0.452 e. The molecular weight excluding hydrogens is 362 g/mol. The third-order valence-corrected chi connectivity index (χ3v) is 5.67. The molecule has 0 spiro atoms.